The second kappa shape index (κ2) is 7.37. The smallest absolute Gasteiger partial charge is 0.267 e. The Morgan fingerprint density at radius 1 is 1.42 bits per heavy atom. The predicted molar refractivity (Wildman–Crippen MR) is 96.9 cm³/mol. The Morgan fingerprint density at radius 3 is 2.81 bits per heavy atom. The third-order valence-corrected chi connectivity index (χ3v) is 4.26. The topological polar surface area (TPSA) is 99.7 Å². The first-order valence-electron chi connectivity index (χ1n) is 8.25. The van der Waals surface area contributed by atoms with Crippen LogP contribution in [0.25, 0.3) is 11.7 Å². The summed E-state index contributed by atoms with van der Waals surface area (Å²) < 4.78 is 6.81. The molecule has 0 radical (unpaired) electrons. The fourth-order valence-electron chi connectivity index (χ4n) is 2.87. The minimum absolute atomic E-state index is 0.145. The van der Waals surface area contributed by atoms with E-state index in [9.17, 15) is 14.9 Å². The van der Waals surface area contributed by atoms with Crippen LogP contribution in [0.3, 0.4) is 0 Å². The third-order valence-electron chi connectivity index (χ3n) is 4.26. The highest BCUT2D eigenvalue weighted by Gasteiger charge is 2.21. The van der Waals surface area contributed by atoms with Crippen LogP contribution in [0.15, 0.2) is 28.7 Å². The van der Waals surface area contributed by atoms with Crippen LogP contribution in [0.1, 0.15) is 11.1 Å². The van der Waals surface area contributed by atoms with Crippen LogP contribution in [-0.2, 0) is 9.53 Å². The Hall–Kier alpha value is -3.18. The number of hydrogen-bond donors (Lipinski definition) is 1. The zero-order chi connectivity index (χ0) is 18.7. The number of rotatable bonds is 3. The number of ether oxygens (including phenoxy) is 1. The lowest BCUT2D eigenvalue weighted by molar-refractivity contribution is -0.116. The molecule has 1 N–H and O–H groups in total. The molecule has 1 aliphatic rings. The molecule has 0 spiro atoms. The van der Waals surface area contributed by atoms with Crippen molar-refractivity contribution in [1.82, 2.24) is 14.7 Å². The number of nitrogens with one attached hydrogen (secondary N) is 1. The maximum atomic E-state index is 13.1. The van der Waals surface area contributed by atoms with Crippen LogP contribution >= 0.6 is 0 Å². The molecular formula is C18H19N5O3. The van der Waals surface area contributed by atoms with Crippen LogP contribution < -0.4 is 15.8 Å². The van der Waals surface area contributed by atoms with Crippen molar-refractivity contribution in [1.29, 1.82) is 5.26 Å². The van der Waals surface area contributed by atoms with E-state index < -0.39 is 5.91 Å². The summed E-state index contributed by atoms with van der Waals surface area (Å²) >= 11 is 0. The highest BCUT2D eigenvalue weighted by molar-refractivity contribution is 6.02. The first-order valence-corrected chi connectivity index (χ1v) is 8.25. The van der Waals surface area contributed by atoms with Gasteiger partial charge in [-0.15, -0.1) is 0 Å². The van der Waals surface area contributed by atoms with Crippen LogP contribution in [0.5, 0.6) is 0 Å². The van der Waals surface area contributed by atoms with Crippen molar-refractivity contribution in [2.45, 2.75) is 6.92 Å². The number of fused-ring (bicyclic) bond motifs is 1. The number of hydrogen-bond acceptors (Lipinski definition) is 6. The van der Waals surface area contributed by atoms with Crippen LogP contribution in [0, 0.1) is 18.3 Å². The fourth-order valence-corrected chi connectivity index (χ4v) is 2.87. The number of carbonyl (C=O) groups excluding carboxylic acids is 1. The van der Waals surface area contributed by atoms with Crippen molar-refractivity contribution in [2.75, 3.05) is 38.3 Å². The normalized spacial score (nSPS) is 15.0. The van der Waals surface area contributed by atoms with Crippen molar-refractivity contribution < 1.29 is 9.53 Å². The van der Waals surface area contributed by atoms with Gasteiger partial charge in [0.05, 0.1) is 18.8 Å². The van der Waals surface area contributed by atoms with E-state index in [1.165, 1.54) is 17.5 Å². The van der Waals surface area contributed by atoms with Gasteiger partial charge in [-0.25, -0.2) is 4.98 Å². The van der Waals surface area contributed by atoms with Gasteiger partial charge >= 0.3 is 0 Å². The molecule has 1 saturated heterocycles. The van der Waals surface area contributed by atoms with E-state index in [-0.39, 0.29) is 16.7 Å². The van der Waals surface area contributed by atoms with Gasteiger partial charge in [0.25, 0.3) is 11.5 Å². The first-order chi connectivity index (χ1) is 12.6. The highest BCUT2D eigenvalue weighted by atomic mass is 16.5. The monoisotopic (exact) mass is 353 g/mol. The highest BCUT2D eigenvalue weighted by Crippen LogP contribution is 2.21. The Balaban J connectivity index is 2.30. The summed E-state index contributed by atoms with van der Waals surface area (Å²) in [5.41, 5.74) is 1.16. The summed E-state index contributed by atoms with van der Waals surface area (Å²) in [7, 11) is 1.44. The number of morpholine rings is 1. The molecule has 3 rings (SSSR count). The molecule has 1 aliphatic heterocycles. The van der Waals surface area contributed by atoms with Gasteiger partial charge in [0.2, 0.25) is 0 Å². The van der Waals surface area contributed by atoms with Crippen LogP contribution in [-0.4, -0.2) is 48.6 Å². The van der Waals surface area contributed by atoms with Crippen molar-refractivity contribution in [3.63, 3.8) is 0 Å². The van der Waals surface area contributed by atoms with Crippen molar-refractivity contribution in [3.8, 4) is 6.07 Å². The average molecular weight is 353 g/mol. The van der Waals surface area contributed by atoms with E-state index in [0.29, 0.717) is 37.8 Å². The molecule has 0 atom stereocenters. The second-order valence-electron chi connectivity index (χ2n) is 5.89. The average Bonchev–Trinajstić information content (AvgIpc) is 2.68. The van der Waals surface area contributed by atoms with E-state index >= 15 is 0 Å². The number of anilines is 1. The zero-order valence-corrected chi connectivity index (χ0v) is 14.7. The van der Waals surface area contributed by atoms with Gasteiger partial charge in [-0.1, -0.05) is 6.07 Å². The molecule has 0 aromatic carbocycles. The van der Waals surface area contributed by atoms with Crippen molar-refractivity contribution in [2.24, 2.45) is 0 Å². The molecule has 2 aromatic rings. The number of carbonyl (C=O) groups is 1. The zero-order valence-electron chi connectivity index (χ0n) is 14.7. The lowest BCUT2D eigenvalue weighted by atomic mass is 10.1. The lowest BCUT2D eigenvalue weighted by Crippen LogP contribution is -2.38. The molecule has 2 aromatic heterocycles. The molecule has 1 fully saturated rings. The number of amides is 1. The largest absolute Gasteiger partial charge is 0.378 e. The van der Waals surface area contributed by atoms with Gasteiger partial charge in [-0.05, 0) is 24.6 Å². The van der Waals surface area contributed by atoms with E-state index in [0.717, 1.165) is 5.56 Å². The number of likely N-dealkylation sites (N-methyl/N-ethyl adjacent to an activating group) is 1. The summed E-state index contributed by atoms with van der Waals surface area (Å²) in [6, 6.07) is 5.49. The molecule has 8 heteroatoms. The summed E-state index contributed by atoms with van der Waals surface area (Å²) in [4.78, 5) is 31.6. The molecule has 26 heavy (non-hydrogen) atoms. The number of aryl methyl sites for hydroxylation is 1. The summed E-state index contributed by atoms with van der Waals surface area (Å²) in [5.74, 6) is -0.0848. The predicted octanol–water partition coefficient (Wildman–Crippen LogP) is 0.492. The van der Waals surface area contributed by atoms with Crippen LogP contribution in [0.2, 0.25) is 0 Å². The van der Waals surface area contributed by atoms with E-state index in [2.05, 4.69) is 10.3 Å². The van der Waals surface area contributed by atoms with Gasteiger partial charge in [-0.2, -0.15) is 5.26 Å². The maximum Gasteiger partial charge on any atom is 0.267 e. The lowest BCUT2D eigenvalue weighted by Gasteiger charge is -2.29. The summed E-state index contributed by atoms with van der Waals surface area (Å²) in [6.07, 6.45) is 2.94. The molecule has 0 bridgehead atoms. The van der Waals surface area contributed by atoms with Gasteiger partial charge in [0, 0.05) is 26.3 Å². The van der Waals surface area contributed by atoms with Gasteiger partial charge < -0.3 is 15.0 Å². The number of aromatic nitrogens is 2. The number of pyridine rings is 1. The Labute approximate surface area is 150 Å². The molecule has 0 unspecified atom stereocenters. The fraction of sp³-hybridized carbons (Fsp3) is 0.333. The quantitative estimate of drug-likeness (QED) is 0.637. The standard InChI is InChI=1S/C18H19N5O3/c1-12-4-3-5-23-15(12)21-16(22-6-8-26-9-7-22)14(18(23)25)10-13(11-19)17(24)20-2/h3-5,10H,6-9H2,1-2H3,(H,20,24)/b13-10+. The van der Waals surface area contributed by atoms with Gasteiger partial charge in [0.15, 0.2) is 0 Å². The molecule has 0 saturated carbocycles. The first kappa shape index (κ1) is 17.6. The molecule has 134 valence electrons. The van der Waals surface area contributed by atoms with E-state index in [4.69, 9.17) is 4.74 Å². The molecular weight excluding hydrogens is 334 g/mol. The van der Waals surface area contributed by atoms with E-state index in [1.807, 2.05) is 24.0 Å². The molecule has 1 amide bonds. The number of nitrogens with zero attached hydrogens (tertiary/aromatic N) is 4. The van der Waals surface area contributed by atoms with Crippen molar-refractivity contribution in [3.05, 3.63) is 45.4 Å². The molecule has 3 heterocycles. The van der Waals surface area contributed by atoms with Gasteiger partial charge in [0.1, 0.15) is 23.1 Å². The minimum Gasteiger partial charge on any atom is -0.378 e. The number of nitriles is 1. The Bertz CT molecular complexity index is 981. The van der Waals surface area contributed by atoms with Gasteiger partial charge in [-0.3, -0.25) is 14.0 Å². The minimum atomic E-state index is -0.547. The van der Waals surface area contributed by atoms with Crippen LogP contribution in [0.4, 0.5) is 5.82 Å². The molecule has 0 aliphatic carbocycles. The Kier molecular flexibility index (Phi) is 5.00. The maximum absolute atomic E-state index is 13.1. The second-order valence-corrected chi connectivity index (χ2v) is 5.89. The summed E-state index contributed by atoms with van der Waals surface area (Å²) in [6.45, 7) is 4.09. The molecule has 8 nitrogen and oxygen atoms in total. The SMILES string of the molecule is CNC(=O)/C(C#N)=C/c1c(N2CCOCC2)nc2c(C)cccn2c1=O. The summed E-state index contributed by atoms with van der Waals surface area (Å²) in [5, 5.41) is 11.7. The third kappa shape index (κ3) is 3.17. The Morgan fingerprint density at radius 2 is 2.15 bits per heavy atom. The van der Waals surface area contributed by atoms with Crippen molar-refractivity contribution >= 4 is 23.4 Å². The van der Waals surface area contributed by atoms with E-state index in [1.54, 1.807) is 12.3 Å².